The summed E-state index contributed by atoms with van der Waals surface area (Å²) in [5, 5.41) is 14.3. The van der Waals surface area contributed by atoms with E-state index in [-0.39, 0.29) is 32.7 Å². The molecule has 0 aliphatic heterocycles. The molecule has 6 rings (SSSR count). The maximum Gasteiger partial charge on any atom is 0.217 e. The maximum absolute atomic E-state index is 11.1. The Labute approximate surface area is 242 Å². The second-order valence-corrected chi connectivity index (χ2v) is 10.4. The quantitative estimate of drug-likeness (QED) is 0.184. The molecule has 3 aromatic heterocycles. The van der Waals surface area contributed by atoms with Crippen LogP contribution in [0.15, 0.2) is 72.9 Å². The van der Waals surface area contributed by atoms with Crippen LogP contribution in [0.1, 0.15) is 56.2 Å². The van der Waals surface area contributed by atoms with Crippen LogP contribution < -0.4 is 4.74 Å². The average Bonchev–Trinajstić information content (AvgIpc) is 3.24. The molecule has 0 atom stereocenters. The van der Waals surface area contributed by atoms with E-state index in [0.29, 0.717) is 23.1 Å². The van der Waals surface area contributed by atoms with Gasteiger partial charge in [-0.05, 0) is 52.6 Å². The number of ether oxygens (including phenoxy) is 1. The fourth-order valence-corrected chi connectivity index (χ4v) is 5.35. The fraction of sp³-hybridized carbons (Fsp3) is 0.212. The van der Waals surface area contributed by atoms with Crippen LogP contribution in [0.4, 0.5) is 0 Å². The van der Waals surface area contributed by atoms with Crippen LogP contribution in [-0.2, 0) is 21.1 Å². The molecule has 0 saturated carbocycles. The molecule has 6 aromatic rings. The average molecular weight is 696 g/mol. The molecule has 0 unspecified atom stereocenters. The number of nitrogens with zero attached hydrogens (tertiary/aromatic N) is 3. The van der Waals surface area contributed by atoms with Gasteiger partial charge in [-0.2, -0.15) is 0 Å². The molecule has 5 nitrogen and oxygen atoms in total. The Bertz CT molecular complexity index is 1820. The molecule has 0 bridgehead atoms. The van der Waals surface area contributed by atoms with E-state index in [1.165, 1.54) is 5.56 Å². The summed E-state index contributed by atoms with van der Waals surface area (Å²) in [4.78, 5) is 9.39. The van der Waals surface area contributed by atoms with E-state index < -0.39 is 0 Å². The summed E-state index contributed by atoms with van der Waals surface area (Å²) in [5.41, 5.74) is 5.67. The molecule has 1 N–H and O–H groups in total. The number of hydrogen-bond acceptors (Lipinski definition) is 4. The molecule has 0 saturated heterocycles. The van der Waals surface area contributed by atoms with Crippen molar-refractivity contribution in [3.05, 3.63) is 95.7 Å². The molecule has 3 heterocycles. The molecule has 0 aliphatic carbocycles. The van der Waals surface area contributed by atoms with E-state index in [2.05, 4.69) is 74.5 Å². The van der Waals surface area contributed by atoms with Crippen molar-refractivity contribution in [2.75, 3.05) is 0 Å². The number of fused-ring (bicyclic) bond motifs is 4. The van der Waals surface area contributed by atoms with Gasteiger partial charge in [-0.25, -0.2) is 9.97 Å². The Morgan fingerprint density at radius 2 is 1.62 bits per heavy atom. The van der Waals surface area contributed by atoms with E-state index in [1.54, 1.807) is 6.20 Å². The van der Waals surface area contributed by atoms with E-state index in [9.17, 15) is 5.11 Å². The standard InChI is InChI=1S/C33H30N3O2.Pt/c1-19(2)25-18-26(20(3)4)33(37)32-23(25)13-14-30(35-32)38-22-16-21(5)31-24-10-6-7-11-27(24)36(28(31)17-22)29-12-8-9-15-34-29;/h6-16,18-20,37H,1-5H3;/q-1;. The summed E-state index contributed by atoms with van der Waals surface area (Å²) in [7, 11) is 0. The van der Waals surface area contributed by atoms with E-state index in [0.717, 1.165) is 44.1 Å². The predicted octanol–water partition coefficient (Wildman–Crippen LogP) is 8.58. The number of aromatic nitrogens is 3. The topological polar surface area (TPSA) is 60.2 Å². The van der Waals surface area contributed by atoms with Gasteiger partial charge < -0.3 is 14.4 Å². The second-order valence-electron chi connectivity index (χ2n) is 10.4. The van der Waals surface area contributed by atoms with Gasteiger partial charge in [0.1, 0.15) is 17.1 Å². The van der Waals surface area contributed by atoms with Crippen molar-refractivity contribution < 1.29 is 30.9 Å². The number of rotatable bonds is 5. The van der Waals surface area contributed by atoms with Crippen LogP contribution in [0.5, 0.6) is 17.4 Å². The number of hydrogen-bond donors (Lipinski definition) is 1. The molecule has 0 radical (unpaired) electrons. The molecular weight excluding hydrogens is 665 g/mol. The van der Waals surface area contributed by atoms with Crippen molar-refractivity contribution >= 4 is 32.7 Å². The molecule has 0 fully saturated rings. The molecule has 39 heavy (non-hydrogen) atoms. The zero-order valence-electron chi connectivity index (χ0n) is 22.6. The van der Waals surface area contributed by atoms with Gasteiger partial charge in [-0.3, -0.25) is 0 Å². The summed E-state index contributed by atoms with van der Waals surface area (Å²) in [6.45, 7) is 10.6. The third-order valence-corrected chi connectivity index (χ3v) is 7.18. The smallest absolute Gasteiger partial charge is 0.217 e. The summed E-state index contributed by atoms with van der Waals surface area (Å²) < 4.78 is 8.43. The van der Waals surface area contributed by atoms with Crippen molar-refractivity contribution in [2.45, 2.75) is 46.5 Å². The first-order chi connectivity index (χ1) is 18.3. The SMILES string of the molecule is Cc1cc(Oc2ccc3c(C(C)C)cc(C(C)C)c(O)c3n2)[c-]c2c1c1ccccc1n2-c1ccccn1.[Pt]. The number of phenols is 1. The van der Waals surface area contributed by atoms with Gasteiger partial charge in [0, 0.05) is 50.0 Å². The van der Waals surface area contributed by atoms with E-state index in [1.807, 2.05) is 42.5 Å². The summed E-state index contributed by atoms with van der Waals surface area (Å²) in [6.07, 6.45) is 1.80. The van der Waals surface area contributed by atoms with Gasteiger partial charge in [0.15, 0.2) is 0 Å². The molecule has 200 valence electrons. The first-order valence-electron chi connectivity index (χ1n) is 13.0. The molecule has 0 spiro atoms. The number of aryl methyl sites for hydroxylation is 1. The Hall–Kier alpha value is -3.69. The third-order valence-electron chi connectivity index (χ3n) is 7.18. The Balaban J connectivity index is 0.00000308. The minimum absolute atomic E-state index is 0. The number of aromatic hydroxyl groups is 1. The van der Waals surface area contributed by atoms with E-state index >= 15 is 0 Å². The van der Waals surface area contributed by atoms with Crippen LogP contribution in [-0.4, -0.2) is 19.6 Å². The molecule has 0 amide bonds. The minimum Gasteiger partial charge on any atom is -0.505 e. The minimum atomic E-state index is 0. The number of para-hydroxylation sites is 1. The normalized spacial score (nSPS) is 11.6. The van der Waals surface area contributed by atoms with Crippen molar-refractivity contribution in [1.82, 2.24) is 14.5 Å². The van der Waals surface area contributed by atoms with Crippen LogP contribution in [0, 0.1) is 13.0 Å². The van der Waals surface area contributed by atoms with Crippen molar-refractivity contribution in [3.63, 3.8) is 0 Å². The van der Waals surface area contributed by atoms with Gasteiger partial charge in [0.25, 0.3) is 0 Å². The zero-order chi connectivity index (χ0) is 26.6. The summed E-state index contributed by atoms with van der Waals surface area (Å²) in [6, 6.07) is 25.7. The largest absolute Gasteiger partial charge is 0.505 e. The Kier molecular flexibility index (Phi) is 7.22. The van der Waals surface area contributed by atoms with Crippen LogP contribution in [0.2, 0.25) is 0 Å². The zero-order valence-corrected chi connectivity index (χ0v) is 24.9. The maximum atomic E-state index is 11.1. The van der Waals surface area contributed by atoms with Crippen LogP contribution >= 0.6 is 0 Å². The molecule has 3 aromatic carbocycles. The summed E-state index contributed by atoms with van der Waals surface area (Å²) in [5.74, 6) is 2.49. The first-order valence-corrected chi connectivity index (χ1v) is 13.0. The van der Waals surface area contributed by atoms with Gasteiger partial charge in [0.05, 0.1) is 0 Å². The monoisotopic (exact) mass is 695 g/mol. The predicted molar refractivity (Wildman–Crippen MR) is 154 cm³/mol. The molecular formula is C33H30N3O2Pt-. The van der Waals surface area contributed by atoms with Crippen LogP contribution in [0.3, 0.4) is 0 Å². The van der Waals surface area contributed by atoms with Crippen molar-refractivity contribution in [2.24, 2.45) is 0 Å². The third kappa shape index (κ3) is 4.59. The number of phenolic OH excluding ortho intramolecular Hbond substituents is 1. The van der Waals surface area contributed by atoms with Crippen molar-refractivity contribution in [3.8, 4) is 23.2 Å². The van der Waals surface area contributed by atoms with E-state index in [4.69, 9.17) is 9.72 Å². The first kappa shape index (κ1) is 26.9. The molecule has 0 aliphatic rings. The second kappa shape index (κ2) is 10.5. The number of benzene rings is 3. The Morgan fingerprint density at radius 3 is 2.33 bits per heavy atom. The fourth-order valence-electron chi connectivity index (χ4n) is 5.35. The van der Waals surface area contributed by atoms with Crippen LogP contribution in [0.25, 0.3) is 38.5 Å². The van der Waals surface area contributed by atoms with Gasteiger partial charge in [-0.15, -0.1) is 17.7 Å². The number of pyridine rings is 2. The Morgan fingerprint density at radius 1 is 0.872 bits per heavy atom. The van der Waals surface area contributed by atoms with Gasteiger partial charge in [-0.1, -0.05) is 75.9 Å². The molecule has 6 heteroatoms. The van der Waals surface area contributed by atoms with Gasteiger partial charge >= 0.3 is 0 Å². The summed E-state index contributed by atoms with van der Waals surface area (Å²) >= 11 is 0. The van der Waals surface area contributed by atoms with Gasteiger partial charge in [0.2, 0.25) is 5.88 Å². The van der Waals surface area contributed by atoms with Crippen molar-refractivity contribution in [1.29, 1.82) is 0 Å².